The number of fused-ring (bicyclic) bond motifs is 3. The quantitative estimate of drug-likeness (QED) is 0.359. The lowest BCUT2D eigenvalue weighted by Gasteiger charge is -2.38. The lowest BCUT2D eigenvalue weighted by atomic mass is 9.81. The molecule has 2 aliphatic rings. The highest BCUT2D eigenvalue weighted by atomic mass is 16.2. The fourth-order valence-electron chi connectivity index (χ4n) is 6.21. The number of hydrogen-bond donors (Lipinski definition) is 2. The Morgan fingerprint density at radius 1 is 1.00 bits per heavy atom. The minimum atomic E-state index is -0.0960. The van der Waals surface area contributed by atoms with Gasteiger partial charge in [0.15, 0.2) is 5.65 Å². The maximum absolute atomic E-state index is 13.1. The highest BCUT2D eigenvalue weighted by Gasteiger charge is 2.45. The lowest BCUT2D eigenvalue weighted by molar-refractivity contribution is 0.0558. The van der Waals surface area contributed by atoms with E-state index in [9.17, 15) is 4.79 Å². The van der Waals surface area contributed by atoms with Gasteiger partial charge in [-0.25, -0.2) is 9.97 Å². The summed E-state index contributed by atoms with van der Waals surface area (Å²) in [7, 11) is 2.02. The molecular weight excluding hydrogens is 477 g/mol. The number of H-pyrrole nitrogens is 1. The molecule has 3 N–H and O–H groups in total. The molecule has 10 nitrogen and oxygen atoms in total. The molecule has 5 aromatic rings. The number of carbonyl (C=O) groups is 1. The summed E-state index contributed by atoms with van der Waals surface area (Å²) in [5, 5.41) is 11.2. The number of piperidine rings is 1. The van der Waals surface area contributed by atoms with Gasteiger partial charge in [0.05, 0.1) is 11.9 Å². The van der Waals surface area contributed by atoms with Crippen molar-refractivity contribution in [1.82, 2.24) is 39.7 Å². The van der Waals surface area contributed by atoms with Gasteiger partial charge in [0, 0.05) is 46.6 Å². The molecule has 1 amide bonds. The van der Waals surface area contributed by atoms with Gasteiger partial charge in [0.2, 0.25) is 5.82 Å². The number of amides is 1. The molecule has 11 heteroatoms. The van der Waals surface area contributed by atoms with Crippen LogP contribution in [0.5, 0.6) is 0 Å². The van der Waals surface area contributed by atoms with E-state index in [1.54, 1.807) is 4.52 Å². The van der Waals surface area contributed by atoms with Gasteiger partial charge in [-0.1, -0.05) is 36.4 Å². The van der Waals surface area contributed by atoms with Crippen molar-refractivity contribution < 1.29 is 4.79 Å². The summed E-state index contributed by atoms with van der Waals surface area (Å²) in [6.45, 7) is 0. The number of rotatable bonds is 4. The van der Waals surface area contributed by atoms with E-state index in [0.29, 0.717) is 5.82 Å². The first-order valence-corrected chi connectivity index (χ1v) is 12.9. The number of nitrogen functional groups attached to an aromatic ring is 1. The Morgan fingerprint density at radius 2 is 1.79 bits per heavy atom. The summed E-state index contributed by atoms with van der Waals surface area (Å²) in [6.07, 6.45) is 8.75. The minimum absolute atomic E-state index is 0.0960. The monoisotopic (exact) mass is 503 g/mol. The molecule has 7 rings (SSSR count). The average molecular weight is 503 g/mol. The number of nitrogens with one attached hydrogen (secondary N) is 1. The number of nitrogens with two attached hydrogens (primary N) is 1. The summed E-state index contributed by atoms with van der Waals surface area (Å²) < 4.78 is 1.72. The second-order valence-corrected chi connectivity index (χ2v) is 10.2. The number of pyridine rings is 1. The molecule has 38 heavy (non-hydrogen) atoms. The maximum Gasteiger partial charge on any atom is 0.294 e. The zero-order valence-electron chi connectivity index (χ0n) is 21.0. The third kappa shape index (κ3) is 3.57. The maximum atomic E-state index is 13.1. The van der Waals surface area contributed by atoms with Crippen molar-refractivity contribution in [3.05, 3.63) is 72.7 Å². The van der Waals surface area contributed by atoms with E-state index in [0.717, 1.165) is 64.9 Å². The number of aromatic amines is 1. The molecule has 2 fully saturated rings. The zero-order valence-corrected chi connectivity index (χ0v) is 21.0. The summed E-state index contributed by atoms with van der Waals surface area (Å²) in [4.78, 5) is 29.0. The summed E-state index contributed by atoms with van der Waals surface area (Å²) in [5.41, 5.74) is 13.1. The first-order valence-electron chi connectivity index (χ1n) is 12.9. The van der Waals surface area contributed by atoms with Crippen molar-refractivity contribution in [2.45, 2.75) is 43.7 Å². The molecule has 0 spiro atoms. The Bertz CT molecular complexity index is 1620. The van der Waals surface area contributed by atoms with Crippen LogP contribution in [0.4, 0.5) is 5.82 Å². The molecule has 2 saturated heterocycles. The number of nitrogens with zero attached hydrogens (tertiary/aromatic N) is 7. The van der Waals surface area contributed by atoms with Gasteiger partial charge in [-0.05, 0) is 37.2 Å². The van der Waals surface area contributed by atoms with Crippen LogP contribution in [0.1, 0.15) is 47.9 Å². The summed E-state index contributed by atoms with van der Waals surface area (Å²) >= 11 is 0. The van der Waals surface area contributed by atoms with Gasteiger partial charge in [0.25, 0.3) is 5.91 Å². The molecule has 0 unspecified atom stereocenters. The van der Waals surface area contributed by atoms with Crippen LogP contribution < -0.4 is 11.2 Å². The van der Waals surface area contributed by atoms with Crippen LogP contribution in [-0.4, -0.2) is 65.5 Å². The molecule has 6 heterocycles. The second kappa shape index (κ2) is 8.79. The van der Waals surface area contributed by atoms with E-state index in [4.69, 9.17) is 15.7 Å². The van der Waals surface area contributed by atoms with Crippen molar-refractivity contribution >= 4 is 30.7 Å². The van der Waals surface area contributed by atoms with Crippen LogP contribution in [0.15, 0.2) is 61.2 Å². The highest BCUT2D eigenvalue weighted by Crippen LogP contribution is 2.43. The summed E-state index contributed by atoms with van der Waals surface area (Å²) in [5.74, 6) is 0.937. The number of anilines is 1. The first kappa shape index (κ1) is 22.6. The van der Waals surface area contributed by atoms with Crippen LogP contribution in [0.2, 0.25) is 0 Å². The molecule has 188 valence electrons. The number of aromatic nitrogens is 7. The minimum Gasteiger partial charge on any atom is -0.384 e. The Balaban J connectivity index is 1.22. The fraction of sp³-hybridized carbons (Fsp3) is 0.259. The molecule has 0 saturated carbocycles. The van der Waals surface area contributed by atoms with E-state index in [2.05, 4.69) is 26.3 Å². The van der Waals surface area contributed by atoms with Crippen molar-refractivity contribution in [2.75, 3.05) is 5.73 Å². The van der Waals surface area contributed by atoms with Gasteiger partial charge < -0.3 is 10.6 Å². The smallest absolute Gasteiger partial charge is 0.294 e. The Morgan fingerprint density at radius 3 is 2.47 bits per heavy atom. The summed E-state index contributed by atoms with van der Waals surface area (Å²) in [6, 6.07) is 14.5. The topological polar surface area (TPSA) is 131 Å². The van der Waals surface area contributed by atoms with Crippen molar-refractivity contribution in [1.29, 1.82) is 0 Å². The second-order valence-electron chi connectivity index (χ2n) is 10.2. The third-order valence-electron chi connectivity index (χ3n) is 8.07. The van der Waals surface area contributed by atoms with Gasteiger partial charge in [-0.15, -0.1) is 5.10 Å². The predicted octanol–water partition coefficient (Wildman–Crippen LogP) is 1.97. The molecule has 2 aliphatic heterocycles. The van der Waals surface area contributed by atoms with E-state index in [1.807, 2.05) is 61.5 Å². The largest absolute Gasteiger partial charge is 0.384 e. The van der Waals surface area contributed by atoms with Gasteiger partial charge >= 0.3 is 0 Å². The molecule has 3 atom stereocenters. The van der Waals surface area contributed by atoms with Gasteiger partial charge in [-0.3, -0.25) is 14.9 Å². The van der Waals surface area contributed by atoms with Crippen LogP contribution in [0.25, 0.3) is 28.0 Å². The average Bonchev–Trinajstić information content (AvgIpc) is 3.69. The van der Waals surface area contributed by atoms with Crippen LogP contribution in [0, 0.1) is 0 Å². The molecule has 4 aromatic heterocycles. The molecular formula is C27H26BN9O. The Kier molecular flexibility index (Phi) is 5.24. The molecule has 1 aromatic carbocycles. The van der Waals surface area contributed by atoms with Crippen LogP contribution in [-0.2, 0) is 0 Å². The zero-order chi connectivity index (χ0) is 25.8. The van der Waals surface area contributed by atoms with E-state index < -0.39 is 0 Å². The first-order chi connectivity index (χ1) is 18.6. The Hall–Kier alpha value is -4.54. The predicted molar refractivity (Wildman–Crippen MR) is 146 cm³/mol. The molecule has 2 bridgehead atoms. The fourth-order valence-corrected chi connectivity index (χ4v) is 6.21. The van der Waals surface area contributed by atoms with E-state index >= 15 is 0 Å². The van der Waals surface area contributed by atoms with E-state index in [1.165, 1.54) is 6.33 Å². The molecule has 0 aliphatic carbocycles. The number of hydrogen-bond acceptors (Lipinski definition) is 7. The Labute approximate surface area is 219 Å². The standard InChI is InChI=1S/C27H26BN9O/c28-22-23(17-10-18-7-8-19(11-17)36(18)27(38)25-31-14-32-35-25)34-26-20(13-33-37(26)24(22)29)16-6-9-21(30-12-16)15-4-2-1-3-5-15/h1-6,9,12-14,17-19H,7-8,10-11,28-29H2,(H,31,32,35)/t17-,18-,19+. The number of benzene rings is 1. The van der Waals surface area contributed by atoms with Crippen molar-refractivity contribution in [3.63, 3.8) is 0 Å². The van der Waals surface area contributed by atoms with E-state index in [-0.39, 0.29) is 29.7 Å². The van der Waals surface area contributed by atoms with Crippen molar-refractivity contribution in [3.8, 4) is 22.4 Å². The van der Waals surface area contributed by atoms with Gasteiger partial charge in [-0.2, -0.15) is 9.61 Å². The van der Waals surface area contributed by atoms with Crippen LogP contribution >= 0.6 is 0 Å². The lowest BCUT2D eigenvalue weighted by Crippen LogP contribution is -2.47. The number of carbonyl (C=O) groups excluding carboxylic acids is 1. The molecule has 0 radical (unpaired) electrons. The van der Waals surface area contributed by atoms with Gasteiger partial charge in [0.1, 0.15) is 20.0 Å². The normalized spacial score (nSPS) is 20.7. The third-order valence-corrected chi connectivity index (χ3v) is 8.07. The SMILES string of the molecule is Bc1c([C@@H]2C[C@H]3CC[C@@H](C2)N3C(=O)c2nc[nH]n2)nc2c(-c3ccc(-c4ccccc4)nc3)cnn2c1N. The highest BCUT2D eigenvalue weighted by molar-refractivity contribution is 6.36. The van der Waals surface area contributed by atoms with Crippen LogP contribution in [0.3, 0.4) is 0 Å². The van der Waals surface area contributed by atoms with Crippen molar-refractivity contribution in [2.24, 2.45) is 0 Å².